The summed E-state index contributed by atoms with van der Waals surface area (Å²) in [7, 11) is 2.63. The largest absolute Gasteiger partial charge is 0.468 e. The van der Waals surface area contributed by atoms with E-state index in [0.29, 0.717) is 5.16 Å². The first-order chi connectivity index (χ1) is 8.51. The number of nitrogens with zero attached hydrogens (tertiary/aromatic N) is 3. The zero-order valence-electron chi connectivity index (χ0n) is 10.6. The Labute approximate surface area is 109 Å². The summed E-state index contributed by atoms with van der Waals surface area (Å²) in [4.78, 5) is 22.8. The van der Waals surface area contributed by atoms with Crippen molar-refractivity contribution >= 4 is 23.7 Å². The van der Waals surface area contributed by atoms with E-state index in [2.05, 4.69) is 19.7 Å². The molecule has 0 saturated heterocycles. The highest BCUT2D eigenvalue weighted by Gasteiger charge is 2.23. The van der Waals surface area contributed by atoms with Crippen LogP contribution in [0.25, 0.3) is 0 Å². The van der Waals surface area contributed by atoms with Crippen molar-refractivity contribution in [3.05, 3.63) is 6.33 Å². The monoisotopic (exact) mass is 273 g/mol. The van der Waals surface area contributed by atoms with Gasteiger partial charge in [0, 0.05) is 0 Å². The molecule has 0 fully saturated rings. The van der Waals surface area contributed by atoms with E-state index in [-0.39, 0.29) is 5.97 Å². The zero-order valence-corrected chi connectivity index (χ0v) is 11.4. The van der Waals surface area contributed by atoms with E-state index in [0.717, 1.165) is 0 Å². The molecule has 8 heteroatoms. The third kappa shape index (κ3) is 3.22. The molecule has 0 unspecified atom stereocenters. The summed E-state index contributed by atoms with van der Waals surface area (Å²) in [5.41, 5.74) is 0. The second-order valence-corrected chi connectivity index (χ2v) is 4.81. The van der Waals surface area contributed by atoms with Crippen LogP contribution < -0.4 is 0 Å². The number of ether oxygens (including phenoxy) is 2. The molecule has 7 nitrogen and oxygen atoms in total. The van der Waals surface area contributed by atoms with Gasteiger partial charge < -0.3 is 9.47 Å². The van der Waals surface area contributed by atoms with Gasteiger partial charge >= 0.3 is 11.9 Å². The Hall–Kier alpha value is -1.57. The first-order valence-corrected chi connectivity index (χ1v) is 6.11. The topological polar surface area (TPSA) is 83.3 Å². The van der Waals surface area contributed by atoms with Gasteiger partial charge in [-0.3, -0.25) is 9.36 Å². The lowest BCUT2D eigenvalue weighted by atomic mass is 10.3. The van der Waals surface area contributed by atoms with Crippen molar-refractivity contribution in [2.45, 2.75) is 30.3 Å². The van der Waals surface area contributed by atoms with Gasteiger partial charge in [0.05, 0.1) is 14.2 Å². The highest BCUT2D eigenvalue weighted by atomic mass is 32.2. The predicted octanol–water partition coefficient (Wildman–Crippen LogP) is 0.666. The Morgan fingerprint density at radius 3 is 2.44 bits per heavy atom. The van der Waals surface area contributed by atoms with Crippen LogP contribution >= 0.6 is 11.8 Å². The van der Waals surface area contributed by atoms with Crippen LogP contribution in [0.5, 0.6) is 0 Å². The van der Waals surface area contributed by atoms with E-state index in [1.807, 2.05) is 0 Å². The molecule has 0 aliphatic rings. The molecule has 1 rings (SSSR count). The van der Waals surface area contributed by atoms with Crippen molar-refractivity contribution < 1.29 is 19.1 Å². The number of aromatic nitrogens is 3. The summed E-state index contributed by atoms with van der Waals surface area (Å²) in [5.74, 6) is -0.761. The SMILES string of the molecule is COC(=O)[C@@H](C)n1cnnc1S[C@H](C)C(=O)OC. The van der Waals surface area contributed by atoms with E-state index >= 15 is 0 Å². The maximum atomic E-state index is 11.4. The lowest BCUT2D eigenvalue weighted by Crippen LogP contribution is -2.20. The molecule has 0 aromatic carbocycles. The van der Waals surface area contributed by atoms with Crippen molar-refractivity contribution in [3.63, 3.8) is 0 Å². The quantitative estimate of drug-likeness (QED) is 0.575. The van der Waals surface area contributed by atoms with Gasteiger partial charge in [0.1, 0.15) is 17.6 Å². The van der Waals surface area contributed by atoms with E-state index in [4.69, 9.17) is 0 Å². The fraction of sp³-hybridized carbons (Fsp3) is 0.600. The van der Waals surface area contributed by atoms with Gasteiger partial charge in [-0.05, 0) is 13.8 Å². The van der Waals surface area contributed by atoms with Gasteiger partial charge in [0.25, 0.3) is 0 Å². The van der Waals surface area contributed by atoms with Gasteiger partial charge in [-0.15, -0.1) is 10.2 Å². The van der Waals surface area contributed by atoms with Crippen LogP contribution in [0.1, 0.15) is 19.9 Å². The fourth-order valence-electron chi connectivity index (χ4n) is 1.24. The molecule has 0 aliphatic heterocycles. The van der Waals surface area contributed by atoms with Gasteiger partial charge in [-0.2, -0.15) is 0 Å². The smallest absolute Gasteiger partial charge is 0.328 e. The zero-order chi connectivity index (χ0) is 13.7. The predicted molar refractivity (Wildman–Crippen MR) is 64.1 cm³/mol. The van der Waals surface area contributed by atoms with Crippen LogP contribution in [-0.4, -0.2) is 46.2 Å². The van der Waals surface area contributed by atoms with Crippen LogP contribution in [0.4, 0.5) is 0 Å². The molecule has 1 aromatic heterocycles. The van der Waals surface area contributed by atoms with Gasteiger partial charge in [-0.25, -0.2) is 4.79 Å². The number of carbonyl (C=O) groups excluding carboxylic acids is 2. The summed E-state index contributed by atoms with van der Waals surface area (Å²) in [6, 6.07) is -0.544. The number of hydrogen-bond acceptors (Lipinski definition) is 7. The number of thioether (sulfide) groups is 1. The van der Waals surface area contributed by atoms with E-state index in [1.54, 1.807) is 18.4 Å². The normalized spacial score (nSPS) is 13.8. The molecule has 18 heavy (non-hydrogen) atoms. The van der Waals surface area contributed by atoms with E-state index < -0.39 is 17.3 Å². The molecule has 0 spiro atoms. The lowest BCUT2D eigenvalue weighted by molar-refractivity contribution is -0.144. The first kappa shape index (κ1) is 14.5. The van der Waals surface area contributed by atoms with Gasteiger partial charge in [-0.1, -0.05) is 11.8 Å². The lowest BCUT2D eigenvalue weighted by Gasteiger charge is -2.14. The Morgan fingerprint density at radius 1 is 1.28 bits per heavy atom. The molecule has 0 saturated carbocycles. The molecule has 1 heterocycles. The molecule has 0 aliphatic carbocycles. The van der Waals surface area contributed by atoms with Crippen LogP contribution in [0.15, 0.2) is 11.5 Å². The molecule has 2 atom stereocenters. The van der Waals surface area contributed by atoms with Crippen LogP contribution in [0.3, 0.4) is 0 Å². The highest BCUT2D eigenvalue weighted by Crippen LogP contribution is 2.24. The summed E-state index contributed by atoms with van der Waals surface area (Å²) in [5, 5.41) is 7.64. The molecule has 0 bridgehead atoms. The highest BCUT2D eigenvalue weighted by molar-refractivity contribution is 8.00. The standard InChI is InChI=1S/C10H15N3O4S/c1-6(8(14)16-3)13-5-11-12-10(13)18-7(2)9(15)17-4/h5-7H,1-4H3/t6-,7-/m1/s1. The van der Waals surface area contributed by atoms with E-state index in [1.165, 1.54) is 32.3 Å². The summed E-state index contributed by atoms with van der Waals surface area (Å²) >= 11 is 1.17. The number of esters is 2. The second kappa shape index (κ2) is 6.39. The summed E-state index contributed by atoms with van der Waals surface area (Å²) in [6.07, 6.45) is 1.42. The van der Waals surface area contributed by atoms with Crippen LogP contribution in [0.2, 0.25) is 0 Å². The average Bonchev–Trinajstić information content (AvgIpc) is 2.83. The van der Waals surface area contributed by atoms with Crippen molar-refractivity contribution in [1.82, 2.24) is 14.8 Å². The molecule has 0 N–H and O–H groups in total. The maximum Gasteiger partial charge on any atom is 0.328 e. The summed E-state index contributed by atoms with van der Waals surface area (Å²) in [6.45, 7) is 3.36. The minimum absolute atomic E-state index is 0.361. The Morgan fingerprint density at radius 2 is 1.89 bits per heavy atom. The number of carbonyl (C=O) groups is 2. The second-order valence-electron chi connectivity index (χ2n) is 3.50. The molecular weight excluding hydrogens is 258 g/mol. The minimum atomic E-state index is -0.544. The maximum absolute atomic E-state index is 11.4. The molecule has 1 aromatic rings. The van der Waals surface area contributed by atoms with Crippen molar-refractivity contribution in [2.24, 2.45) is 0 Å². The average molecular weight is 273 g/mol. The Balaban J connectivity index is 2.83. The number of methoxy groups -OCH3 is 2. The van der Waals surface area contributed by atoms with Gasteiger partial charge in [0.15, 0.2) is 5.16 Å². The molecular formula is C10H15N3O4S. The van der Waals surface area contributed by atoms with Gasteiger partial charge in [0.2, 0.25) is 0 Å². The number of hydrogen-bond donors (Lipinski definition) is 0. The Bertz CT molecular complexity index is 435. The Kier molecular flexibility index (Phi) is 5.14. The van der Waals surface area contributed by atoms with Crippen molar-refractivity contribution in [1.29, 1.82) is 0 Å². The fourth-order valence-corrected chi connectivity index (χ4v) is 2.17. The first-order valence-electron chi connectivity index (χ1n) is 5.23. The van der Waals surface area contributed by atoms with Crippen molar-refractivity contribution in [3.8, 4) is 0 Å². The van der Waals surface area contributed by atoms with Crippen molar-refractivity contribution in [2.75, 3.05) is 14.2 Å². The molecule has 0 amide bonds. The third-order valence-corrected chi connectivity index (χ3v) is 3.36. The summed E-state index contributed by atoms with van der Waals surface area (Å²) < 4.78 is 10.8. The molecule has 0 radical (unpaired) electrons. The molecule has 100 valence electrons. The van der Waals surface area contributed by atoms with Crippen LogP contribution in [-0.2, 0) is 19.1 Å². The van der Waals surface area contributed by atoms with Crippen LogP contribution in [0, 0.1) is 0 Å². The van der Waals surface area contributed by atoms with E-state index in [9.17, 15) is 9.59 Å². The third-order valence-electron chi connectivity index (χ3n) is 2.32. The minimum Gasteiger partial charge on any atom is -0.468 e. The number of rotatable bonds is 5.